The first-order valence-corrected chi connectivity index (χ1v) is 11.1. The average Bonchev–Trinajstić information content (AvgIpc) is 2.56. The fourth-order valence-corrected chi connectivity index (χ4v) is 7.89. The molecule has 109 valence electrons. The molecule has 21 heavy (non-hydrogen) atoms. The number of halogens is 1. The van der Waals surface area contributed by atoms with E-state index in [1.165, 1.54) is 15.9 Å². The van der Waals surface area contributed by atoms with Crippen LogP contribution in [0, 0.1) is 0 Å². The minimum absolute atomic E-state index is 0. The quantitative estimate of drug-likeness (QED) is 0.315. The molecular formula is C18H15CuIP+. The predicted octanol–water partition coefficient (Wildman–Crippen LogP) is 4.33. The van der Waals surface area contributed by atoms with Gasteiger partial charge in [-0.2, -0.15) is 0 Å². The van der Waals surface area contributed by atoms with Crippen LogP contribution in [0.4, 0.5) is 0 Å². The molecule has 0 fully saturated rings. The summed E-state index contributed by atoms with van der Waals surface area (Å²) in [6.07, 6.45) is 0. The van der Waals surface area contributed by atoms with Gasteiger partial charge >= 0.3 is 0 Å². The van der Waals surface area contributed by atoms with Crippen LogP contribution in [-0.4, -0.2) is 0 Å². The van der Waals surface area contributed by atoms with Crippen molar-refractivity contribution in [3.8, 4) is 0 Å². The van der Waals surface area contributed by atoms with E-state index in [-0.39, 0.29) is 17.1 Å². The van der Waals surface area contributed by atoms with Gasteiger partial charge in [0.05, 0.1) is 0 Å². The van der Waals surface area contributed by atoms with Crippen LogP contribution >= 0.6 is 26.9 Å². The van der Waals surface area contributed by atoms with Crippen molar-refractivity contribution in [1.29, 1.82) is 0 Å². The van der Waals surface area contributed by atoms with Crippen molar-refractivity contribution >= 4 is 42.9 Å². The molecule has 3 rings (SSSR count). The number of hydrogen-bond acceptors (Lipinski definition) is 0. The molecule has 0 atom stereocenters. The summed E-state index contributed by atoms with van der Waals surface area (Å²) >= 11 is 2.68. The molecule has 0 bridgehead atoms. The van der Waals surface area contributed by atoms with Gasteiger partial charge in [-0.25, -0.2) is 0 Å². The van der Waals surface area contributed by atoms with Gasteiger partial charge in [-0.1, -0.05) is 54.6 Å². The molecule has 3 aromatic rings. The predicted molar refractivity (Wildman–Crippen MR) is 99.2 cm³/mol. The normalized spacial score (nSPS) is 10.7. The van der Waals surface area contributed by atoms with E-state index in [0.29, 0.717) is 0 Å². The molecule has 3 heteroatoms. The molecule has 0 heterocycles. The summed E-state index contributed by atoms with van der Waals surface area (Å²) < 4.78 is 0. The Hall–Kier alpha value is -0.661. The number of rotatable bonds is 3. The van der Waals surface area contributed by atoms with Crippen molar-refractivity contribution in [3.63, 3.8) is 0 Å². The van der Waals surface area contributed by atoms with Gasteiger partial charge in [-0.05, 0) is 36.4 Å². The standard InChI is InChI=1S/C18H15IP.Cu/c19-20(16-10-4-1-5-11-16,17-12-6-2-7-13-17)18-14-8-3-9-15-18;/h1-15H;/q+1;. The second kappa shape index (κ2) is 7.56. The molecule has 1 radical (unpaired) electrons. The van der Waals surface area contributed by atoms with Gasteiger partial charge in [0.1, 0.15) is 15.9 Å². The van der Waals surface area contributed by atoms with E-state index in [0.717, 1.165) is 0 Å². The summed E-state index contributed by atoms with van der Waals surface area (Å²) in [5, 5.41) is 4.24. The maximum absolute atomic E-state index is 2.68. The molecule has 0 aliphatic rings. The summed E-state index contributed by atoms with van der Waals surface area (Å²) in [7, 11) is 0. The van der Waals surface area contributed by atoms with E-state index >= 15 is 0 Å². The summed E-state index contributed by atoms with van der Waals surface area (Å²) in [6, 6.07) is 32.6. The van der Waals surface area contributed by atoms with Crippen LogP contribution in [0.1, 0.15) is 0 Å². The van der Waals surface area contributed by atoms with Crippen molar-refractivity contribution in [2.75, 3.05) is 0 Å². The van der Waals surface area contributed by atoms with Gasteiger partial charge in [-0.15, -0.1) is 0 Å². The van der Waals surface area contributed by atoms with Gasteiger partial charge in [0.2, 0.25) is 0 Å². The van der Waals surface area contributed by atoms with E-state index < -0.39 is 4.90 Å². The third kappa shape index (κ3) is 3.40. The second-order valence-corrected chi connectivity index (χ2v) is 11.7. The summed E-state index contributed by atoms with van der Waals surface area (Å²) in [5.41, 5.74) is 0. The summed E-state index contributed by atoms with van der Waals surface area (Å²) in [5.74, 6) is 0. The zero-order valence-corrected chi connectivity index (χ0v) is 15.3. The zero-order chi connectivity index (χ0) is 13.8. The van der Waals surface area contributed by atoms with Crippen LogP contribution < -0.4 is 15.9 Å². The number of benzene rings is 3. The van der Waals surface area contributed by atoms with E-state index in [1.54, 1.807) is 0 Å². The number of hydrogen-bond donors (Lipinski definition) is 0. The first kappa shape index (κ1) is 16.7. The molecule has 0 saturated heterocycles. The first-order valence-electron chi connectivity index (χ1n) is 6.57. The Balaban J connectivity index is 0.00000161. The third-order valence-electron chi connectivity index (χ3n) is 3.34. The van der Waals surface area contributed by atoms with Gasteiger partial charge in [0.25, 0.3) is 0 Å². The Bertz CT molecular complexity index is 575. The SMILES string of the molecule is I[P+](c1ccccc1)(c1ccccc1)c1ccccc1.[Cu]. The van der Waals surface area contributed by atoms with Gasteiger partial charge in [0, 0.05) is 17.1 Å². The Morgan fingerprint density at radius 1 is 0.476 bits per heavy atom. The largest absolute Gasteiger partial charge is 0.173 e. The monoisotopic (exact) mass is 452 g/mol. The minimum atomic E-state index is -1.56. The maximum atomic E-state index is 2.68. The maximum Gasteiger partial charge on any atom is 0.173 e. The van der Waals surface area contributed by atoms with Gasteiger partial charge in [-0.3, -0.25) is 0 Å². The van der Waals surface area contributed by atoms with E-state index in [1.807, 2.05) is 0 Å². The molecule has 0 aromatic heterocycles. The van der Waals surface area contributed by atoms with Crippen molar-refractivity contribution in [3.05, 3.63) is 91.0 Å². The fourth-order valence-electron chi connectivity index (χ4n) is 2.35. The molecule has 0 unspecified atom stereocenters. The second-order valence-electron chi connectivity index (χ2n) is 4.60. The Kier molecular flexibility index (Phi) is 6.01. The molecular weight excluding hydrogens is 438 g/mol. The van der Waals surface area contributed by atoms with Crippen LogP contribution in [0.25, 0.3) is 0 Å². The van der Waals surface area contributed by atoms with Crippen LogP contribution in [0.3, 0.4) is 0 Å². The topological polar surface area (TPSA) is 0 Å². The van der Waals surface area contributed by atoms with Crippen molar-refractivity contribution < 1.29 is 17.1 Å². The van der Waals surface area contributed by atoms with E-state index in [4.69, 9.17) is 0 Å². The average molecular weight is 453 g/mol. The molecule has 0 nitrogen and oxygen atoms in total. The minimum Gasteiger partial charge on any atom is -0.0620 e. The summed E-state index contributed by atoms with van der Waals surface area (Å²) in [6.45, 7) is 0. The van der Waals surface area contributed by atoms with Crippen molar-refractivity contribution in [2.45, 2.75) is 0 Å². The van der Waals surface area contributed by atoms with E-state index in [9.17, 15) is 0 Å². The van der Waals surface area contributed by atoms with E-state index in [2.05, 4.69) is 113 Å². The molecule has 0 aliphatic carbocycles. The molecule has 0 spiro atoms. The molecule has 3 aromatic carbocycles. The molecule has 0 saturated carbocycles. The Morgan fingerprint density at radius 3 is 0.952 bits per heavy atom. The van der Waals surface area contributed by atoms with Crippen molar-refractivity contribution in [2.24, 2.45) is 0 Å². The molecule has 0 amide bonds. The van der Waals surface area contributed by atoms with Gasteiger partial charge < -0.3 is 0 Å². The van der Waals surface area contributed by atoms with Crippen LogP contribution in [0.2, 0.25) is 0 Å². The van der Waals surface area contributed by atoms with Crippen LogP contribution in [0.5, 0.6) is 0 Å². The first-order chi connectivity index (χ1) is 9.82. The van der Waals surface area contributed by atoms with Crippen LogP contribution in [-0.2, 0) is 17.1 Å². The fraction of sp³-hybridized carbons (Fsp3) is 0. The molecule has 0 aliphatic heterocycles. The molecule has 0 N–H and O–H groups in total. The van der Waals surface area contributed by atoms with Crippen molar-refractivity contribution in [1.82, 2.24) is 0 Å². The Labute approximate surface area is 150 Å². The third-order valence-corrected chi connectivity index (χ3v) is 11.4. The zero-order valence-electron chi connectivity index (χ0n) is 11.3. The smallest absolute Gasteiger partial charge is 0.0620 e. The van der Waals surface area contributed by atoms with Gasteiger partial charge in [0.15, 0.2) is 26.9 Å². The Morgan fingerprint density at radius 2 is 0.714 bits per heavy atom. The van der Waals surface area contributed by atoms with Crippen LogP contribution in [0.15, 0.2) is 91.0 Å². The summed E-state index contributed by atoms with van der Waals surface area (Å²) in [4.78, 5) is -1.56.